The molecule has 1 fully saturated rings. The number of H-pyrrole nitrogens is 1. The van der Waals surface area contributed by atoms with Gasteiger partial charge in [0.15, 0.2) is 4.77 Å². The number of aromatic amines is 1. The maximum Gasteiger partial charge on any atom is 0.198 e. The largest absolute Gasteiger partial charge is 0.368 e. The normalized spacial score (nSPS) is 15.6. The summed E-state index contributed by atoms with van der Waals surface area (Å²) in [6, 6.07) is 12.5. The second kappa shape index (κ2) is 5.40. The van der Waals surface area contributed by atoms with Crippen molar-refractivity contribution in [1.82, 2.24) is 9.97 Å². The maximum atomic E-state index is 5.06. The van der Waals surface area contributed by atoms with Gasteiger partial charge in [0.1, 0.15) is 5.82 Å². The summed E-state index contributed by atoms with van der Waals surface area (Å²) in [7, 11) is 0. The van der Waals surface area contributed by atoms with Crippen LogP contribution in [0.4, 0.5) is 11.5 Å². The van der Waals surface area contributed by atoms with Crippen LogP contribution in [0.15, 0.2) is 42.6 Å². The van der Waals surface area contributed by atoms with Gasteiger partial charge in [0.2, 0.25) is 0 Å². The van der Waals surface area contributed by atoms with Crippen LogP contribution in [0.3, 0.4) is 0 Å². The number of hydrogen-bond acceptors (Lipinski definition) is 4. The van der Waals surface area contributed by atoms with E-state index < -0.39 is 0 Å². The van der Waals surface area contributed by atoms with Gasteiger partial charge < -0.3 is 14.8 Å². The summed E-state index contributed by atoms with van der Waals surface area (Å²) in [6.07, 6.45) is 1.76. The van der Waals surface area contributed by atoms with E-state index in [0.717, 1.165) is 32.0 Å². The lowest BCUT2D eigenvalue weighted by Gasteiger charge is -2.36. The maximum absolute atomic E-state index is 5.06. The van der Waals surface area contributed by atoms with E-state index in [1.165, 1.54) is 5.69 Å². The van der Waals surface area contributed by atoms with Crippen molar-refractivity contribution in [3.63, 3.8) is 0 Å². The van der Waals surface area contributed by atoms with Gasteiger partial charge in [-0.25, -0.2) is 4.98 Å². The summed E-state index contributed by atoms with van der Waals surface area (Å²) in [5, 5.41) is 0. The summed E-state index contributed by atoms with van der Waals surface area (Å²) in [5.74, 6) is 1.06. The van der Waals surface area contributed by atoms with Crippen LogP contribution in [0.5, 0.6) is 0 Å². The van der Waals surface area contributed by atoms with Gasteiger partial charge in [-0.2, -0.15) is 0 Å². The van der Waals surface area contributed by atoms with Gasteiger partial charge in [0.25, 0.3) is 0 Å². The van der Waals surface area contributed by atoms with Crippen LogP contribution < -0.4 is 9.80 Å². The summed E-state index contributed by atoms with van der Waals surface area (Å²) < 4.78 is 0.544. The molecule has 0 radical (unpaired) electrons. The van der Waals surface area contributed by atoms with Crippen molar-refractivity contribution in [2.45, 2.75) is 0 Å². The van der Waals surface area contributed by atoms with Gasteiger partial charge in [0.05, 0.1) is 0 Å². The lowest BCUT2D eigenvalue weighted by atomic mass is 10.2. The van der Waals surface area contributed by atoms with Crippen LogP contribution in [-0.4, -0.2) is 36.1 Å². The van der Waals surface area contributed by atoms with Crippen LogP contribution in [0.2, 0.25) is 0 Å². The molecule has 0 saturated carbocycles. The summed E-state index contributed by atoms with van der Waals surface area (Å²) >= 11 is 5.06. The van der Waals surface area contributed by atoms with Crippen molar-refractivity contribution in [2.75, 3.05) is 36.0 Å². The molecule has 1 aromatic heterocycles. The molecule has 1 N–H and O–H groups in total. The highest BCUT2D eigenvalue weighted by molar-refractivity contribution is 7.71. The lowest BCUT2D eigenvalue weighted by Crippen LogP contribution is -2.46. The van der Waals surface area contributed by atoms with Crippen molar-refractivity contribution in [2.24, 2.45) is 0 Å². The SMILES string of the molecule is S=c1nccc(N2CCN(c3ccccc3)CC2)[nH]1. The van der Waals surface area contributed by atoms with Crippen molar-refractivity contribution >= 4 is 23.7 Å². The monoisotopic (exact) mass is 272 g/mol. The van der Waals surface area contributed by atoms with Gasteiger partial charge in [-0.1, -0.05) is 18.2 Å². The quantitative estimate of drug-likeness (QED) is 0.852. The first-order chi connectivity index (χ1) is 9.33. The molecule has 0 amide bonds. The van der Waals surface area contributed by atoms with Crippen LogP contribution in [0.25, 0.3) is 0 Å². The fourth-order valence-corrected chi connectivity index (χ4v) is 2.55. The molecule has 1 aliphatic heterocycles. The second-order valence-electron chi connectivity index (χ2n) is 4.57. The molecule has 98 valence electrons. The highest BCUT2D eigenvalue weighted by atomic mass is 32.1. The first-order valence-corrected chi connectivity index (χ1v) is 6.84. The minimum absolute atomic E-state index is 0.544. The van der Waals surface area contributed by atoms with E-state index >= 15 is 0 Å². The van der Waals surface area contributed by atoms with Crippen LogP contribution >= 0.6 is 12.2 Å². The van der Waals surface area contributed by atoms with E-state index in [1.54, 1.807) is 6.20 Å². The zero-order chi connectivity index (χ0) is 13.1. The first-order valence-electron chi connectivity index (χ1n) is 6.43. The first kappa shape index (κ1) is 12.2. The number of rotatable bonds is 2. The number of nitrogens with zero attached hydrogens (tertiary/aromatic N) is 3. The Hall–Kier alpha value is -1.88. The molecule has 0 atom stereocenters. The number of nitrogens with one attached hydrogen (secondary N) is 1. The van der Waals surface area contributed by atoms with Crippen molar-refractivity contribution in [3.8, 4) is 0 Å². The Morgan fingerprint density at radius 1 is 0.947 bits per heavy atom. The molecule has 19 heavy (non-hydrogen) atoms. The fourth-order valence-electron chi connectivity index (χ4n) is 2.39. The molecule has 4 nitrogen and oxygen atoms in total. The fraction of sp³-hybridized carbons (Fsp3) is 0.286. The molecular formula is C14H16N4S. The average Bonchev–Trinajstić information content (AvgIpc) is 2.48. The summed E-state index contributed by atoms with van der Waals surface area (Å²) in [5.41, 5.74) is 1.30. The molecule has 1 aromatic carbocycles. The predicted molar refractivity (Wildman–Crippen MR) is 80.3 cm³/mol. The second-order valence-corrected chi connectivity index (χ2v) is 4.96. The van der Waals surface area contributed by atoms with Crippen molar-refractivity contribution in [3.05, 3.63) is 47.4 Å². The van der Waals surface area contributed by atoms with Crippen LogP contribution in [0, 0.1) is 4.77 Å². The Morgan fingerprint density at radius 3 is 2.32 bits per heavy atom. The molecule has 0 spiro atoms. The zero-order valence-electron chi connectivity index (χ0n) is 10.6. The summed E-state index contributed by atoms with van der Waals surface area (Å²) in [4.78, 5) is 11.9. The van der Waals surface area contributed by atoms with Gasteiger partial charge in [-0.3, -0.25) is 0 Å². The summed E-state index contributed by atoms with van der Waals surface area (Å²) in [6.45, 7) is 4.02. The molecule has 1 saturated heterocycles. The molecule has 2 heterocycles. The molecule has 1 aliphatic rings. The minimum atomic E-state index is 0.544. The number of para-hydroxylation sites is 1. The molecule has 2 aromatic rings. The van der Waals surface area contributed by atoms with Crippen LogP contribution in [-0.2, 0) is 0 Å². The Bertz CT molecular complexity index is 588. The van der Waals surface area contributed by atoms with E-state index in [-0.39, 0.29) is 0 Å². The van der Waals surface area contributed by atoms with E-state index in [4.69, 9.17) is 12.2 Å². The Kier molecular flexibility index (Phi) is 3.46. The Labute approximate surface area is 117 Å². The molecule has 5 heteroatoms. The van der Waals surface area contributed by atoms with Gasteiger partial charge >= 0.3 is 0 Å². The third kappa shape index (κ3) is 2.76. The smallest absolute Gasteiger partial charge is 0.198 e. The van der Waals surface area contributed by atoms with E-state index in [9.17, 15) is 0 Å². The topological polar surface area (TPSA) is 35.2 Å². The average molecular weight is 272 g/mol. The molecule has 0 aliphatic carbocycles. The zero-order valence-corrected chi connectivity index (χ0v) is 11.4. The Morgan fingerprint density at radius 2 is 1.63 bits per heavy atom. The number of aromatic nitrogens is 2. The number of piperazine rings is 1. The third-order valence-corrected chi connectivity index (χ3v) is 3.61. The van der Waals surface area contributed by atoms with Gasteiger partial charge in [0, 0.05) is 38.1 Å². The molecule has 0 unspecified atom stereocenters. The van der Waals surface area contributed by atoms with E-state index in [1.807, 2.05) is 6.07 Å². The number of anilines is 2. The Balaban J connectivity index is 1.68. The van der Waals surface area contributed by atoms with Crippen molar-refractivity contribution in [1.29, 1.82) is 0 Å². The van der Waals surface area contributed by atoms with Crippen LogP contribution in [0.1, 0.15) is 0 Å². The van der Waals surface area contributed by atoms with Crippen molar-refractivity contribution < 1.29 is 0 Å². The number of hydrogen-bond donors (Lipinski definition) is 1. The number of benzene rings is 1. The standard InChI is InChI=1S/C14H16N4S/c19-14-15-7-6-13(16-14)18-10-8-17(9-11-18)12-4-2-1-3-5-12/h1-7H,8-11H2,(H,15,16,19). The lowest BCUT2D eigenvalue weighted by molar-refractivity contribution is 0.646. The minimum Gasteiger partial charge on any atom is -0.368 e. The highest BCUT2D eigenvalue weighted by Gasteiger charge is 2.17. The van der Waals surface area contributed by atoms with Gasteiger partial charge in [-0.05, 0) is 30.4 Å². The highest BCUT2D eigenvalue weighted by Crippen LogP contribution is 2.18. The van der Waals surface area contributed by atoms with Gasteiger partial charge in [-0.15, -0.1) is 0 Å². The van der Waals surface area contributed by atoms with E-state index in [0.29, 0.717) is 4.77 Å². The van der Waals surface area contributed by atoms with E-state index in [2.05, 4.69) is 50.1 Å². The molecule has 0 bridgehead atoms. The molecule has 3 rings (SSSR count). The third-order valence-electron chi connectivity index (χ3n) is 3.40. The molecular weight excluding hydrogens is 256 g/mol. The predicted octanol–water partition coefficient (Wildman–Crippen LogP) is 2.47.